The number of ketones is 1. The molecule has 0 radical (unpaired) electrons. The lowest BCUT2D eigenvalue weighted by atomic mass is 9.84. The molecule has 0 aliphatic carbocycles. The number of rotatable bonds is 9. The van der Waals surface area contributed by atoms with Crippen LogP contribution in [-0.4, -0.2) is 65.3 Å². The third kappa shape index (κ3) is 8.62. The molecule has 0 spiro atoms. The zero-order chi connectivity index (χ0) is 36.7. The molecule has 51 heavy (non-hydrogen) atoms. The minimum atomic E-state index is -1.00. The number of carbonyl (C=O) groups excluding carboxylic acids is 3. The number of fused-ring (bicyclic) bond motifs is 2. The molecule has 0 fully saturated rings. The number of hydrogen-bond donors (Lipinski definition) is 4. The first-order valence-corrected chi connectivity index (χ1v) is 17.0. The number of phenolic OH excluding ortho intramolecular Hbond substituents is 2. The second-order valence-electron chi connectivity index (χ2n) is 12.8. The van der Waals surface area contributed by atoms with Crippen LogP contribution >= 0.6 is 0 Å². The van der Waals surface area contributed by atoms with E-state index in [1.807, 2.05) is 25.1 Å². The molecule has 1 aliphatic rings. The number of amides is 1. The van der Waals surface area contributed by atoms with Gasteiger partial charge in [-0.2, -0.15) is 0 Å². The Morgan fingerprint density at radius 3 is 2.47 bits per heavy atom. The summed E-state index contributed by atoms with van der Waals surface area (Å²) >= 11 is 0. The van der Waals surface area contributed by atoms with Crippen LogP contribution in [0.25, 0.3) is 17.1 Å². The van der Waals surface area contributed by atoms with Gasteiger partial charge in [-0.1, -0.05) is 18.2 Å². The van der Waals surface area contributed by atoms with E-state index in [1.54, 1.807) is 31.2 Å². The molecule has 1 aliphatic heterocycles. The van der Waals surface area contributed by atoms with Crippen molar-refractivity contribution in [3.05, 3.63) is 76.1 Å². The average molecular weight is 700 g/mol. The molecule has 4 N–H and O–H groups in total. The number of nitrogens with one attached hydrogen (secondary N) is 2. The predicted molar refractivity (Wildman–Crippen MR) is 192 cm³/mol. The smallest absolute Gasteiger partial charge is 0.342 e. The number of imidazole rings is 1. The van der Waals surface area contributed by atoms with E-state index in [2.05, 4.69) is 15.3 Å². The Morgan fingerprint density at radius 1 is 1.04 bits per heavy atom. The van der Waals surface area contributed by atoms with Crippen molar-refractivity contribution in [1.82, 2.24) is 15.3 Å². The number of aromatic amines is 1. The summed E-state index contributed by atoms with van der Waals surface area (Å²) in [5, 5.41) is 26.4. The molecule has 3 aromatic carbocycles. The van der Waals surface area contributed by atoms with Crippen LogP contribution < -0.4 is 19.5 Å². The molecule has 0 bridgehead atoms. The number of methoxy groups -OCH3 is 3. The van der Waals surface area contributed by atoms with Gasteiger partial charge in [0.2, 0.25) is 11.7 Å². The fourth-order valence-electron chi connectivity index (χ4n) is 6.41. The summed E-state index contributed by atoms with van der Waals surface area (Å²) in [5.41, 5.74) is 3.16. The normalized spacial score (nSPS) is 16.1. The van der Waals surface area contributed by atoms with Crippen LogP contribution in [0.2, 0.25) is 0 Å². The zero-order valence-electron chi connectivity index (χ0n) is 29.6. The number of aryl methyl sites for hydroxylation is 1. The predicted octanol–water partition coefficient (Wildman–Crippen LogP) is 6.63. The Bertz CT molecular complexity index is 1920. The van der Waals surface area contributed by atoms with Gasteiger partial charge in [0, 0.05) is 30.7 Å². The minimum Gasteiger partial charge on any atom is -0.507 e. The standard InChI is InChI=1S/C39H45N3O9/c1-22-14-15-28-29(16-22)42-33(41-28)21-40-34(45)20-27(25-18-31(48-3)38(50-5)32(19-25)49-4)36-30(44)17-24-11-7-6-8-12-26(43)13-9-10-23(2)51-39(47)35(24)37(36)46/h7,11,14-19,23,27,44,46H,6,8-10,12-13,20-21H2,1-5H3,(H,40,45)(H,41,42)/t23-,27?/m0/s1. The van der Waals surface area contributed by atoms with Crippen molar-refractivity contribution in [1.29, 1.82) is 0 Å². The van der Waals surface area contributed by atoms with E-state index in [0.717, 1.165) is 16.6 Å². The molecule has 1 aromatic heterocycles. The van der Waals surface area contributed by atoms with Crippen molar-refractivity contribution in [3.63, 3.8) is 0 Å². The highest BCUT2D eigenvalue weighted by atomic mass is 16.5. The summed E-state index contributed by atoms with van der Waals surface area (Å²) in [4.78, 5) is 47.5. The molecule has 12 nitrogen and oxygen atoms in total. The largest absolute Gasteiger partial charge is 0.507 e. The van der Waals surface area contributed by atoms with E-state index in [9.17, 15) is 24.6 Å². The maximum atomic E-state index is 13.7. The van der Waals surface area contributed by atoms with Gasteiger partial charge in [-0.3, -0.25) is 9.59 Å². The highest BCUT2D eigenvalue weighted by molar-refractivity contribution is 5.98. The molecular weight excluding hydrogens is 654 g/mol. The molecule has 12 heteroatoms. The third-order valence-corrected chi connectivity index (χ3v) is 9.02. The molecule has 2 heterocycles. The van der Waals surface area contributed by atoms with Gasteiger partial charge in [0.05, 0.1) is 45.0 Å². The summed E-state index contributed by atoms with van der Waals surface area (Å²) in [6.07, 6.45) is 5.67. The Morgan fingerprint density at radius 2 is 1.76 bits per heavy atom. The van der Waals surface area contributed by atoms with Crippen LogP contribution in [0, 0.1) is 6.92 Å². The van der Waals surface area contributed by atoms with E-state index in [1.165, 1.54) is 27.4 Å². The van der Waals surface area contributed by atoms with Crippen molar-refractivity contribution in [2.75, 3.05) is 21.3 Å². The Kier molecular flexibility index (Phi) is 11.9. The first-order valence-electron chi connectivity index (χ1n) is 17.0. The minimum absolute atomic E-state index is 0.0536. The van der Waals surface area contributed by atoms with Gasteiger partial charge in [0.15, 0.2) is 11.5 Å². The molecule has 0 saturated carbocycles. The van der Waals surface area contributed by atoms with Gasteiger partial charge in [-0.15, -0.1) is 0 Å². The molecule has 0 saturated heterocycles. The number of esters is 1. The number of Topliss-reactive ketones (excluding diaryl/α,β-unsaturated/α-hetero) is 1. The summed E-state index contributed by atoms with van der Waals surface area (Å²) in [7, 11) is 4.38. The topological polar surface area (TPSA) is 169 Å². The maximum Gasteiger partial charge on any atom is 0.342 e. The van der Waals surface area contributed by atoms with Gasteiger partial charge in [0.25, 0.3) is 0 Å². The quantitative estimate of drug-likeness (QED) is 0.139. The van der Waals surface area contributed by atoms with Gasteiger partial charge in [-0.25, -0.2) is 9.78 Å². The van der Waals surface area contributed by atoms with Gasteiger partial charge in [0.1, 0.15) is 28.7 Å². The van der Waals surface area contributed by atoms with Gasteiger partial charge >= 0.3 is 5.97 Å². The fourth-order valence-corrected chi connectivity index (χ4v) is 6.41. The molecule has 2 atom stereocenters. The number of aromatic hydroxyl groups is 2. The van der Waals surface area contributed by atoms with E-state index in [4.69, 9.17) is 18.9 Å². The van der Waals surface area contributed by atoms with Gasteiger partial charge < -0.3 is 39.5 Å². The first kappa shape index (κ1) is 36.8. The summed E-state index contributed by atoms with van der Waals surface area (Å²) in [6.45, 7) is 3.80. The Labute approximate surface area is 296 Å². The van der Waals surface area contributed by atoms with Crippen molar-refractivity contribution in [2.24, 2.45) is 0 Å². The fraction of sp³-hybridized carbons (Fsp3) is 0.385. The highest BCUT2D eigenvalue weighted by Crippen LogP contribution is 2.47. The number of benzene rings is 3. The third-order valence-electron chi connectivity index (χ3n) is 9.02. The summed E-state index contributed by atoms with van der Waals surface area (Å²) in [5.74, 6) is -1.46. The van der Waals surface area contributed by atoms with Crippen LogP contribution in [-0.2, 0) is 20.9 Å². The highest BCUT2D eigenvalue weighted by Gasteiger charge is 2.32. The monoisotopic (exact) mass is 699 g/mol. The van der Waals surface area contributed by atoms with Crippen LogP contribution in [0.4, 0.5) is 0 Å². The SMILES string of the molecule is COc1cc(C(CC(=O)NCc2nc3ccc(C)cc3[nH]2)c2c(O)cc3c(c2O)C(=O)O[C@@H](C)CCCC(=O)CCCC=C3)cc(OC)c1OC. The van der Waals surface area contributed by atoms with Crippen molar-refractivity contribution >= 4 is 34.8 Å². The van der Waals surface area contributed by atoms with Crippen LogP contribution in [0.1, 0.15) is 96.2 Å². The molecule has 5 rings (SSSR count). The maximum absolute atomic E-state index is 13.7. The van der Waals surface area contributed by atoms with Crippen molar-refractivity contribution in [3.8, 4) is 28.7 Å². The summed E-state index contributed by atoms with van der Waals surface area (Å²) < 4.78 is 22.4. The number of cyclic esters (lactones) is 1. The molecule has 1 unspecified atom stereocenters. The molecule has 1 amide bonds. The van der Waals surface area contributed by atoms with Crippen LogP contribution in [0.5, 0.6) is 28.7 Å². The number of carbonyl (C=O) groups is 3. The number of phenols is 2. The number of H-pyrrole nitrogens is 1. The second kappa shape index (κ2) is 16.5. The Balaban J connectivity index is 1.58. The number of hydrogen-bond acceptors (Lipinski definition) is 10. The molecule has 4 aromatic rings. The number of allylic oxidation sites excluding steroid dienone is 1. The van der Waals surface area contributed by atoms with E-state index >= 15 is 0 Å². The second-order valence-corrected chi connectivity index (χ2v) is 12.8. The average Bonchev–Trinajstić information content (AvgIpc) is 3.50. The molecule has 270 valence electrons. The lowest BCUT2D eigenvalue weighted by Crippen LogP contribution is -2.26. The first-order chi connectivity index (χ1) is 24.5. The van der Waals surface area contributed by atoms with Crippen LogP contribution in [0.15, 0.2) is 42.5 Å². The van der Waals surface area contributed by atoms with Gasteiger partial charge in [-0.05, 0) is 86.6 Å². The van der Waals surface area contributed by atoms with E-state index in [0.29, 0.717) is 67.2 Å². The van der Waals surface area contributed by atoms with E-state index in [-0.39, 0.29) is 41.2 Å². The summed E-state index contributed by atoms with van der Waals surface area (Å²) in [6, 6.07) is 10.5. The van der Waals surface area contributed by atoms with Crippen molar-refractivity contribution < 1.29 is 43.5 Å². The molecular formula is C39H45N3O9. The lowest BCUT2D eigenvalue weighted by Gasteiger charge is -2.24. The van der Waals surface area contributed by atoms with E-state index < -0.39 is 29.6 Å². The number of ether oxygens (including phenoxy) is 4. The number of aromatic nitrogens is 2. The van der Waals surface area contributed by atoms with Crippen molar-refractivity contribution in [2.45, 2.75) is 77.4 Å². The number of nitrogens with zero attached hydrogens (tertiary/aromatic N) is 1. The zero-order valence-corrected chi connectivity index (χ0v) is 29.6. The Hall–Kier alpha value is -5.52. The van der Waals surface area contributed by atoms with Crippen LogP contribution in [0.3, 0.4) is 0 Å². The lowest BCUT2D eigenvalue weighted by molar-refractivity contribution is -0.121.